The average Bonchev–Trinajstić information content (AvgIpc) is 3.33. The fourth-order valence-electron chi connectivity index (χ4n) is 4.80. The summed E-state index contributed by atoms with van der Waals surface area (Å²) in [5, 5.41) is 14.6. The van der Waals surface area contributed by atoms with Gasteiger partial charge < -0.3 is 24.7 Å². The Bertz CT molecular complexity index is 888. The van der Waals surface area contributed by atoms with E-state index in [-0.39, 0.29) is 11.8 Å². The van der Waals surface area contributed by atoms with Crippen molar-refractivity contribution in [2.24, 2.45) is 5.92 Å². The first-order chi connectivity index (χ1) is 16.2. The number of anilines is 2. The molecule has 1 saturated heterocycles. The fraction of sp³-hybridized carbons (Fsp3) is 0.640. The maximum atomic E-state index is 12.6. The van der Waals surface area contributed by atoms with Crippen LogP contribution >= 0.6 is 0 Å². The topological polar surface area (TPSA) is 92.5 Å². The number of hydrogen-bond donors (Lipinski definition) is 2. The van der Waals surface area contributed by atoms with E-state index in [0.29, 0.717) is 23.2 Å². The Hall–Kier alpha value is -2.61. The molecule has 2 fully saturated rings. The molecule has 4 rings (SSSR count). The summed E-state index contributed by atoms with van der Waals surface area (Å²) in [5.74, 6) is 1.18. The van der Waals surface area contributed by atoms with Gasteiger partial charge in [-0.2, -0.15) is 0 Å². The molecule has 2 aromatic rings. The van der Waals surface area contributed by atoms with Gasteiger partial charge in [0.05, 0.1) is 12.7 Å². The lowest BCUT2D eigenvalue weighted by Gasteiger charge is -2.26. The zero-order valence-corrected chi connectivity index (χ0v) is 19.8. The number of likely N-dealkylation sites (tertiary alicyclic amines) is 1. The van der Waals surface area contributed by atoms with E-state index in [1.54, 1.807) is 7.11 Å². The SMILES string of the molecule is COc1cc(NC(=O)C2CCCCC2)ccc1-c1nnc(NCCCCN2CCCCC2)o1. The molecule has 0 spiro atoms. The number of unbranched alkanes of at least 4 members (excludes halogenated alkanes) is 1. The number of carbonyl (C=O) groups is 1. The minimum Gasteiger partial charge on any atom is -0.496 e. The van der Waals surface area contributed by atoms with Gasteiger partial charge >= 0.3 is 6.01 Å². The number of nitrogens with one attached hydrogen (secondary N) is 2. The number of amides is 1. The van der Waals surface area contributed by atoms with E-state index >= 15 is 0 Å². The summed E-state index contributed by atoms with van der Waals surface area (Å²) in [5.41, 5.74) is 1.43. The molecular weight excluding hydrogens is 418 g/mol. The minimum absolute atomic E-state index is 0.0917. The Morgan fingerprint density at radius 3 is 2.67 bits per heavy atom. The van der Waals surface area contributed by atoms with Crippen molar-refractivity contribution in [1.29, 1.82) is 0 Å². The van der Waals surface area contributed by atoms with Gasteiger partial charge in [-0.1, -0.05) is 30.8 Å². The average molecular weight is 456 g/mol. The van der Waals surface area contributed by atoms with Gasteiger partial charge in [0.15, 0.2) is 0 Å². The van der Waals surface area contributed by atoms with Crippen LogP contribution < -0.4 is 15.4 Å². The molecule has 0 atom stereocenters. The van der Waals surface area contributed by atoms with Crippen molar-refractivity contribution in [3.8, 4) is 17.2 Å². The Morgan fingerprint density at radius 1 is 1.09 bits per heavy atom. The minimum atomic E-state index is 0.0917. The van der Waals surface area contributed by atoms with Crippen LogP contribution in [0.1, 0.15) is 64.2 Å². The van der Waals surface area contributed by atoms with E-state index in [1.165, 1.54) is 38.8 Å². The zero-order chi connectivity index (χ0) is 22.9. The van der Waals surface area contributed by atoms with E-state index < -0.39 is 0 Å². The Balaban J connectivity index is 1.28. The van der Waals surface area contributed by atoms with Gasteiger partial charge in [0.1, 0.15) is 5.75 Å². The van der Waals surface area contributed by atoms with Crippen LogP contribution in [0.5, 0.6) is 5.75 Å². The summed E-state index contributed by atoms with van der Waals surface area (Å²) in [4.78, 5) is 15.1. The highest BCUT2D eigenvalue weighted by Gasteiger charge is 2.22. The van der Waals surface area contributed by atoms with Crippen molar-refractivity contribution in [3.05, 3.63) is 18.2 Å². The summed E-state index contributed by atoms with van der Waals surface area (Å²) in [6, 6.07) is 5.94. The normalized spacial score (nSPS) is 17.6. The molecule has 0 radical (unpaired) electrons. The third-order valence-electron chi connectivity index (χ3n) is 6.73. The molecule has 1 aliphatic heterocycles. The van der Waals surface area contributed by atoms with Crippen molar-refractivity contribution in [2.75, 3.05) is 43.9 Å². The van der Waals surface area contributed by atoms with Crippen LogP contribution in [0, 0.1) is 5.92 Å². The third kappa shape index (κ3) is 6.69. The molecule has 1 aromatic heterocycles. The maximum absolute atomic E-state index is 12.6. The summed E-state index contributed by atoms with van der Waals surface area (Å²) in [6.07, 6.45) is 11.7. The van der Waals surface area contributed by atoms with Crippen LogP contribution in [0.25, 0.3) is 11.5 Å². The molecule has 1 aromatic carbocycles. The highest BCUT2D eigenvalue weighted by atomic mass is 16.5. The molecule has 33 heavy (non-hydrogen) atoms. The molecule has 8 heteroatoms. The molecule has 1 saturated carbocycles. The number of ether oxygens (including phenoxy) is 1. The number of carbonyl (C=O) groups excluding carboxylic acids is 1. The number of aromatic nitrogens is 2. The Morgan fingerprint density at radius 2 is 1.88 bits per heavy atom. The first-order valence-corrected chi connectivity index (χ1v) is 12.5. The second-order valence-corrected chi connectivity index (χ2v) is 9.19. The number of benzene rings is 1. The Labute approximate surface area is 196 Å². The van der Waals surface area contributed by atoms with Gasteiger partial charge in [-0.25, -0.2) is 0 Å². The van der Waals surface area contributed by atoms with Crippen molar-refractivity contribution >= 4 is 17.6 Å². The molecule has 1 aliphatic carbocycles. The van der Waals surface area contributed by atoms with E-state index in [0.717, 1.165) is 57.3 Å². The van der Waals surface area contributed by atoms with Crippen molar-refractivity contribution in [1.82, 2.24) is 15.1 Å². The molecule has 2 heterocycles. The molecule has 0 unspecified atom stereocenters. The first kappa shape index (κ1) is 23.5. The molecule has 2 N–H and O–H groups in total. The third-order valence-corrected chi connectivity index (χ3v) is 6.73. The standard InChI is InChI=1S/C25H37N5O3/c1-32-22-18-20(27-23(31)19-10-4-2-5-11-19)12-13-21(22)24-28-29-25(33-24)26-14-6-9-17-30-15-7-3-8-16-30/h12-13,18-19H,2-11,14-17H2,1H3,(H,26,29)(H,27,31). The number of piperidine rings is 1. The maximum Gasteiger partial charge on any atom is 0.315 e. The lowest BCUT2D eigenvalue weighted by Crippen LogP contribution is -2.30. The van der Waals surface area contributed by atoms with Gasteiger partial charge in [0.2, 0.25) is 5.91 Å². The molecule has 2 aliphatic rings. The number of methoxy groups -OCH3 is 1. The van der Waals surface area contributed by atoms with E-state index in [1.807, 2.05) is 18.2 Å². The van der Waals surface area contributed by atoms with E-state index in [2.05, 4.69) is 25.7 Å². The van der Waals surface area contributed by atoms with Gasteiger partial charge in [-0.15, -0.1) is 5.10 Å². The quantitative estimate of drug-likeness (QED) is 0.490. The first-order valence-electron chi connectivity index (χ1n) is 12.5. The predicted octanol–water partition coefficient (Wildman–Crippen LogP) is 4.94. The molecule has 0 bridgehead atoms. The smallest absolute Gasteiger partial charge is 0.315 e. The fourth-order valence-corrected chi connectivity index (χ4v) is 4.80. The largest absolute Gasteiger partial charge is 0.496 e. The predicted molar refractivity (Wildman–Crippen MR) is 130 cm³/mol. The van der Waals surface area contributed by atoms with Crippen LogP contribution in [0.4, 0.5) is 11.7 Å². The number of rotatable bonds is 10. The van der Waals surface area contributed by atoms with Crippen molar-refractivity contribution in [3.63, 3.8) is 0 Å². The number of hydrogen-bond acceptors (Lipinski definition) is 7. The van der Waals surface area contributed by atoms with Crippen LogP contribution in [0.3, 0.4) is 0 Å². The second kappa shape index (κ2) is 12.0. The molecule has 1 amide bonds. The summed E-state index contributed by atoms with van der Waals surface area (Å²) in [6.45, 7) is 4.45. The van der Waals surface area contributed by atoms with Gasteiger partial charge in [0.25, 0.3) is 5.89 Å². The highest BCUT2D eigenvalue weighted by molar-refractivity contribution is 5.93. The van der Waals surface area contributed by atoms with Crippen LogP contribution in [-0.2, 0) is 4.79 Å². The summed E-state index contributed by atoms with van der Waals surface area (Å²) < 4.78 is 11.4. The van der Waals surface area contributed by atoms with Crippen LogP contribution in [-0.4, -0.2) is 54.3 Å². The van der Waals surface area contributed by atoms with Gasteiger partial charge in [0, 0.05) is 24.2 Å². The van der Waals surface area contributed by atoms with E-state index in [9.17, 15) is 4.79 Å². The lowest BCUT2D eigenvalue weighted by atomic mass is 9.88. The molecule has 8 nitrogen and oxygen atoms in total. The lowest BCUT2D eigenvalue weighted by molar-refractivity contribution is -0.120. The molecule has 180 valence electrons. The monoisotopic (exact) mass is 455 g/mol. The van der Waals surface area contributed by atoms with Crippen LogP contribution in [0.2, 0.25) is 0 Å². The summed E-state index contributed by atoms with van der Waals surface area (Å²) >= 11 is 0. The number of nitrogens with zero attached hydrogens (tertiary/aromatic N) is 3. The highest BCUT2D eigenvalue weighted by Crippen LogP contribution is 2.33. The van der Waals surface area contributed by atoms with Crippen molar-refractivity contribution in [2.45, 2.75) is 64.2 Å². The summed E-state index contributed by atoms with van der Waals surface area (Å²) in [7, 11) is 1.60. The second-order valence-electron chi connectivity index (χ2n) is 9.19. The Kier molecular flexibility index (Phi) is 8.58. The van der Waals surface area contributed by atoms with Gasteiger partial charge in [-0.05, 0) is 70.3 Å². The van der Waals surface area contributed by atoms with Gasteiger partial charge in [-0.3, -0.25) is 4.79 Å². The van der Waals surface area contributed by atoms with Crippen molar-refractivity contribution < 1.29 is 13.9 Å². The molecular formula is C25H37N5O3. The zero-order valence-electron chi connectivity index (χ0n) is 19.8. The van der Waals surface area contributed by atoms with E-state index in [4.69, 9.17) is 9.15 Å². The van der Waals surface area contributed by atoms with Crippen LogP contribution in [0.15, 0.2) is 22.6 Å².